The molecule has 4 rings (SSSR count). The molecule has 2 aromatic heterocycles. The van der Waals surface area contributed by atoms with Crippen LogP contribution in [0.2, 0.25) is 0 Å². The molecule has 168 valence electrons. The molecule has 2 aromatic carbocycles. The smallest absolute Gasteiger partial charge is 0.342 e. The van der Waals surface area contributed by atoms with E-state index in [0.717, 1.165) is 5.69 Å². The van der Waals surface area contributed by atoms with E-state index < -0.39 is 18.0 Å². The van der Waals surface area contributed by atoms with Gasteiger partial charge >= 0.3 is 5.97 Å². The van der Waals surface area contributed by atoms with Crippen molar-refractivity contribution in [2.45, 2.75) is 20.0 Å². The highest BCUT2D eigenvalue weighted by Gasteiger charge is 2.25. The van der Waals surface area contributed by atoms with E-state index in [0.29, 0.717) is 22.8 Å². The van der Waals surface area contributed by atoms with Crippen molar-refractivity contribution in [1.29, 1.82) is 0 Å². The zero-order chi connectivity index (χ0) is 23.4. The molecule has 0 fully saturated rings. The number of nitrogens with zero attached hydrogens (tertiary/aromatic N) is 3. The number of aromatic nitrogens is 3. The second kappa shape index (κ2) is 9.39. The van der Waals surface area contributed by atoms with Gasteiger partial charge in [0.25, 0.3) is 5.91 Å². The van der Waals surface area contributed by atoms with Gasteiger partial charge in [-0.05, 0) is 38.1 Å². The summed E-state index contributed by atoms with van der Waals surface area (Å²) in [6.45, 7) is 3.18. The molecule has 9 heteroatoms. The first-order valence-corrected chi connectivity index (χ1v) is 10.2. The molecular weight excluding hydrogens is 424 g/mol. The quantitative estimate of drug-likeness (QED) is 0.427. The minimum atomic E-state index is -1.08. The van der Waals surface area contributed by atoms with Gasteiger partial charge in [0.05, 0.1) is 12.8 Å². The molecule has 0 spiro atoms. The Kier molecular flexibility index (Phi) is 6.21. The second-order valence-electron chi connectivity index (χ2n) is 7.26. The molecular formula is C24H22N4O5. The lowest BCUT2D eigenvalue weighted by Crippen LogP contribution is -2.30. The number of benzene rings is 2. The number of anilines is 1. The van der Waals surface area contributed by atoms with Gasteiger partial charge in [0.1, 0.15) is 22.8 Å². The van der Waals surface area contributed by atoms with Crippen molar-refractivity contribution in [2.24, 2.45) is 0 Å². The first kappa shape index (κ1) is 21.8. The lowest BCUT2D eigenvalue weighted by molar-refractivity contribution is -0.123. The van der Waals surface area contributed by atoms with Gasteiger partial charge in [0.15, 0.2) is 11.9 Å². The normalized spacial score (nSPS) is 11.6. The number of aryl methyl sites for hydroxylation is 1. The summed E-state index contributed by atoms with van der Waals surface area (Å²) in [5, 5.41) is 10.9. The van der Waals surface area contributed by atoms with Gasteiger partial charge < -0.3 is 19.3 Å². The first-order valence-electron chi connectivity index (χ1n) is 10.2. The maximum absolute atomic E-state index is 13.1. The van der Waals surface area contributed by atoms with Crippen molar-refractivity contribution in [3.05, 3.63) is 78.2 Å². The van der Waals surface area contributed by atoms with Crippen LogP contribution in [0.4, 0.5) is 5.82 Å². The summed E-state index contributed by atoms with van der Waals surface area (Å²) in [6, 6.07) is 18.1. The van der Waals surface area contributed by atoms with Gasteiger partial charge in [0.2, 0.25) is 0 Å². The van der Waals surface area contributed by atoms with Crippen molar-refractivity contribution in [1.82, 2.24) is 14.9 Å². The molecule has 1 amide bonds. The van der Waals surface area contributed by atoms with E-state index >= 15 is 0 Å². The molecule has 0 aliphatic carbocycles. The van der Waals surface area contributed by atoms with E-state index in [2.05, 4.69) is 15.6 Å². The Morgan fingerprint density at radius 2 is 1.88 bits per heavy atom. The standard InChI is InChI=1S/C24H22N4O5/c1-15-12-21(27-33-15)25-23(29)16(2)32-24(30)20-14-28(18-9-5-4-6-10-18)26-22(20)17-8-7-11-19(13-17)31-3/h4-14,16H,1-3H3,(H,25,27,29). The fourth-order valence-electron chi connectivity index (χ4n) is 3.15. The summed E-state index contributed by atoms with van der Waals surface area (Å²) in [5.74, 6) is 0.196. The van der Waals surface area contributed by atoms with E-state index in [1.165, 1.54) is 6.92 Å². The van der Waals surface area contributed by atoms with Crippen molar-refractivity contribution in [2.75, 3.05) is 12.4 Å². The number of carbonyl (C=O) groups excluding carboxylic acids is 2. The molecule has 9 nitrogen and oxygen atoms in total. The molecule has 0 aliphatic heterocycles. The van der Waals surface area contributed by atoms with Crippen LogP contribution in [-0.2, 0) is 9.53 Å². The van der Waals surface area contributed by atoms with Gasteiger partial charge in [-0.3, -0.25) is 4.79 Å². The largest absolute Gasteiger partial charge is 0.497 e. The summed E-state index contributed by atoms with van der Waals surface area (Å²) in [6.07, 6.45) is 0.505. The van der Waals surface area contributed by atoms with Gasteiger partial charge in [-0.2, -0.15) is 5.10 Å². The predicted molar refractivity (Wildman–Crippen MR) is 120 cm³/mol. The Morgan fingerprint density at radius 3 is 2.58 bits per heavy atom. The summed E-state index contributed by atoms with van der Waals surface area (Å²) in [5.41, 5.74) is 2.06. The number of ether oxygens (including phenoxy) is 2. The summed E-state index contributed by atoms with van der Waals surface area (Å²) < 4.78 is 17.3. The van der Waals surface area contributed by atoms with E-state index in [1.54, 1.807) is 49.2 Å². The average Bonchev–Trinajstić information content (AvgIpc) is 3.46. The number of esters is 1. The van der Waals surface area contributed by atoms with Crippen molar-refractivity contribution >= 4 is 17.7 Å². The molecule has 0 aliphatic rings. The highest BCUT2D eigenvalue weighted by Crippen LogP contribution is 2.27. The van der Waals surface area contributed by atoms with Crippen LogP contribution in [-0.4, -0.2) is 40.0 Å². The number of para-hydroxylation sites is 1. The highest BCUT2D eigenvalue weighted by atomic mass is 16.5. The number of amides is 1. The van der Waals surface area contributed by atoms with Crippen LogP contribution in [0.5, 0.6) is 5.75 Å². The van der Waals surface area contributed by atoms with Gasteiger partial charge in [-0.15, -0.1) is 0 Å². The molecule has 1 unspecified atom stereocenters. The molecule has 0 saturated carbocycles. The second-order valence-corrected chi connectivity index (χ2v) is 7.26. The van der Waals surface area contributed by atoms with E-state index in [4.69, 9.17) is 14.0 Å². The molecule has 0 saturated heterocycles. The maximum atomic E-state index is 13.1. The van der Waals surface area contributed by atoms with E-state index in [1.807, 2.05) is 36.4 Å². The number of rotatable bonds is 7. The Bertz CT molecular complexity index is 1280. The molecule has 0 radical (unpaired) electrons. The van der Waals surface area contributed by atoms with E-state index in [-0.39, 0.29) is 11.4 Å². The number of hydrogen-bond donors (Lipinski definition) is 1. The molecule has 4 aromatic rings. The zero-order valence-electron chi connectivity index (χ0n) is 18.3. The number of nitrogens with one attached hydrogen (secondary N) is 1. The van der Waals surface area contributed by atoms with Crippen LogP contribution < -0.4 is 10.1 Å². The zero-order valence-corrected chi connectivity index (χ0v) is 18.3. The third kappa shape index (κ3) is 4.93. The highest BCUT2D eigenvalue weighted by molar-refractivity contribution is 5.99. The van der Waals surface area contributed by atoms with Crippen molar-refractivity contribution in [3.63, 3.8) is 0 Å². The summed E-state index contributed by atoms with van der Waals surface area (Å²) >= 11 is 0. The fraction of sp³-hybridized carbons (Fsp3) is 0.167. The molecule has 33 heavy (non-hydrogen) atoms. The first-order chi connectivity index (χ1) is 15.9. The monoisotopic (exact) mass is 446 g/mol. The number of methoxy groups -OCH3 is 1. The molecule has 0 bridgehead atoms. The Labute approximate surface area is 189 Å². The lowest BCUT2D eigenvalue weighted by Gasteiger charge is -2.12. The summed E-state index contributed by atoms with van der Waals surface area (Å²) in [7, 11) is 1.56. The number of hydrogen-bond acceptors (Lipinski definition) is 7. The molecule has 1 N–H and O–H groups in total. The fourth-order valence-corrected chi connectivity index (χ4v) is 3.15. The molecule has 2 heterocycles. The lowest BCUT2D eigenvalue weighted by atomic mass is 10.1. The SMILES string of the molecule is COc1cccc(-c2nn(-c3ccccc3)cc2C(=O)OC(C)C(=O)Nc2cc(C)on2)c1. The third-order valence-electron chi connectivity index (χ3n) is 4.83. The van der Waals surface area contributed by atoms with Crippen LogP contribution in [0.3, 0.4) is 0 Å². The number of carbonyl (C=O) groups is 2. The van der Waals surface area contributed by atoms with Crippen LogP contribution in [0.1, 0.15) is 23.0 Å². The van der Waals surface area contributed by atoms with Gasteiger partial charge in [0, 0.05) is 17.8 Å². The minimum absolute atomic E-state index is 0.212. The third-order valence-corrected chi connectivity index (χ3v) is 4.83. The van der Waals surface area contributed by atoms with Crippen LogP contribution in [0.25, 0.3) is 16.9 Å². The maximum Gasteiger partial charge on any atom is 0.342 e. The van der Waals surface area contributed by atoms with Gasteiger partial charge in [-0.25, -0.2) is 9.48 Å². The molecule has 1 atom stereocenters. The van der Waals surface area contributed by atoms with Crippen molar-refractivity contribution in [3.8, 4) is 22.7 Å². The topological polar surface area (TPSA) is 108 Å². The Morgan fingerprint density at radius 1 is 1.09 bits per heavy atom. The van der Waals surface area contributed by atoms with Gasteiger partial charge in [-0.1, -0.05) is 35.5 Å². The van der Waals surface area contributed by atoms with Crippen LogP contribution >= 0.6 is 0 Å². The van der Waals surface area contributed by atoms with Crippen molar-refractivity contribution < 1.29 is 23.6 Å². The predicted octanol–water partition coefficient (Wildman–Crippen LogP) is 4.03. The Balaban J connectivity index is 1.62. The van der Waals surface area contributed by atoms with E-state index in [9.17, 15) is 9.59 Å². The minimum Gasteiger partial charge on any atom is -0.497 e. The Hall–Kier alpha value is -4.40. The van der Waals surface area contributed by atoms with Crippen LogP contribution in [0, 0.1) is 6.92 Å². The summed E-state index contributed by atoms with van der Waals surface area (Å²) in [4.78, 5) is 25.5. The van der Waals surface area contributed by atoms with Crippen LogP contribution in [0.15, 0.2) is 71.4 Å². The average molecular weight is 446 g/mol.